The van der Waals surface area contributed by atoms with Crippen LogP contribution in [-0.2, 0) is 14.3 Å². The SMILES string of the molecule is CC(=O)N1[C@@H](c2ccc(C)cc2)SC[C@H]1C(=O)NC[C@@H]1CCCO1. The number of aryl methyl sites for hydroxylation is 1. The molecule has 2 fully saturated rings. The molecule has 2 aliphatic rings. The number of ether oxygens (including phenoxy) is 1. The minimum atomic E-state index is -0.416. The Morgan fingerprint density at radius 2 is 2.08 bits per heavy atom. The highest BCUT2D eigenvalue weighted by Gasteiger charge is 2.40. The van der Waals surface area contributed by atoms with Crippen molar-refractivity contribution < 1.29 is 14.3 Å². The van der Waals surface area contributed by atoms with Crippen molar-refractivity contribution in [1.82, 2.24) is 10.2 Å². The molecular weight excluding hydrogens is 324 g/mol. The summed E-state index contributed by atoms with van der Waals surface area (Å²) in [6, 6.07) is 7.74. The molecule has 0 radical (unpaired) electrons. The summed E-state index contributed by atoms with van der Waals surface area (Å²) in [5.41, 5.74) is 2.25. The van der Waals surface area contributed by atoms with Gasteiger partial charge in [0.2, 0.25) is 11.8 Å². The lowest BCUT2D eigenvalue weighted by atomic mass is 10.1. The van der Waals surface area contributed by atoms with Gasteiger partial charge < -0.3 is 15.0 Å². The van der Waals surface area contributed by atoms with E-state index >= 15 is 0 Å². The van der Waals surface area contributed by atoms with Crippen LogP contribution in [0.2, 0.25) is 0 Å². The van der Waals surface area contributed by atoms with Gasteiger partial charge in [0, 0.05) is 25.8 Å². The molecular formula is C18H24N2O3S. The molecule has 3 rings (SSSR count). The Balaban J connectivity index is 1.67. The average molecular weight is 348 g/mol. The van der Waals surface area contributed by atoms with Crippen LogP contribution < -0.4 is 5.32 Å². The van der Waals surface area contributed by atoms with Crippen molar-refractivity contribution in [3.63, 3.8) is 0 Å². The summed E-state index contributed by atoms with van der Waals surface area (Å²) in [6.45, 7) is 4.87. The number of rotatable bonds is 4. The number of thioether (sulfide) groups is 1. The van der Waals surface area contributed by atoms with Crippen LogP contribution in [0.25, 0.3) is 0 Å². The van der Waals surface area contributed by atoms with Crippen LogP contribution >= 0.6 is 11.8 Å². The molecule has 130 valence electrons. The lowest BCUT2D eigenvalue weighted by Gasteiger charge is -2.28. The lowest BCUT2D eigenvalue weighted by Crippen LogP contribution is -2.48. The number of nitrogens with one attached hydrogen (secondary N) is 1. The van der Waals surface area contributed by atoms with Gasteiger partial charge in [-0.3, -0.25) is 9.59 Å². The molecule has 0 aromatic heterocycles. The van der Waals surface area contributed by atoms with Crippen molar-refractivity contribution in [2.45, 2.75) is 44.2 Å². The molecule has 2 saturated heterocycles. The van der Waals surface area contributed by atoms with E-state index in [1.165, 1.54) is 12.5 Å². The van der Waals surface area contributed by atoms with E-state index in [0.29, 0.717) is 12.3 Å². The van der Waals surface area contributed by atoms with Crippen molar-refractivity contribution in [3.05, 3.63) is 35.4 Å². The van der Waals surface area contributed by atoms with Gasteiger partial charge in [-0.05, 0) is 25.3 Å². The van der Waals surface area contributed by atoms with Crippen molar-refractivity contribution in [2.75, 3.05) is 18.9 Å². The summed E-state index contributed by atoms with van der Waals surface area (Å²) in [6.07, 6.45) is 2.15. The first kappa shape index (κ1) is 17.3. The quantitative estimate of drug-likeness (QED) is 0.907. The van der Waals surface area contributed by atoms with Crippen LogP contribution in [0.15, 0.2) is 24.3 Å². The predicted octanol–water partition coefficient (Wildman–Crippen LogP) is 2.25. The standard InChI is InChI=1S/C18H24N2O3S/c1-12-5-7-14(8-6-12)18-20(13(2)21)16(11-24-18)17(22)19-10-15-4-3-9-23-15/h5-8,15-16,18H,3-4,9-11H2,1-2H3,(H,19,22)/t15-,16-,18+/m0/s1. The zero-order chi connectivity index (χ0) is 17.1. The Morgan fingerprint density at radius 3 is 2.71 bits per heavy atom. The van der Waals surface area contributed by atoms with Gasteiger partial charge in [0.05, 0.1) is 6.10 Å². The first-order valence-corrected chi connectivity index (χ1v) is 9.47. The number of benzene rings is 1. The maximum atomic E-state index is 12.6. The molecule has 0 aliphatic carbocycles. The third-order valence-electron chi connectivity index (χ3n) is 4.56. The topological polar surface area (TPSA) is 58.6 Å². The summed E-state index contributed by atoms with van der Waals surface area (Å²) in [5, 5.41) is 2.87. The largest absolute Gasteiger partial charge is 0.376 e. The summed E-state index contributed by atoms with van der Waals surface area (Å²) in [5.74, 6) is 0.473. The van der Waals surface area contributed by atoms with E-state index in [2.05, 4.69) is 5.32 Å². The van der Waals surface area contributed by atoms with E-state index < -0.39 is 6.04 Å². The number of hydrogen-bond acceptors (Lipinski definition) is 4. The first-order chi connectivity index (χ1) is 11.6. The Hall–Kier alpha value is -1.53. The molecule has 3 atom stereocenters. The molecule has 0 unspecified atom stereocenters. The second-order valence-electron chi connectivity index (χ2n) is 6.42. The molecule has 0 saturated carbocycles. The Morgan fingerprint density at radius 1 is 1.33 bits per heavy atom. The number of nitrogens with zero attached hydrogens (tertiary/aromatic N) is 1. The van der Waals surface area contributed by atoms with Gasteiger partial charge >= 0.3 is 0 Å². The fourth-order valence-electron chi connectivity index (χ4n) is 3.22. The average Bonchev–Trinajstić information content (AvgIpc) is 3.22. The van der Waals surface area contributed by atoms with Crippen LogP contribution in [0.4, 0.5) is 0 Å². The normalized spacial score (nSPS) is 26.6. The summed E-state index contributed by atoms with van der Waals surface area (Å²) in [7, 11) is 0. The van der Waals surface area contributed by atoms with Crippen molar-refractivity contribution in [2.24, 2.45) is 0 Å². The van der Waals surface area contributed by atoms with E-state index in [0.717, 1.165) is 25.0 Å². The molecule has 1 aromatic rings. The van der Waals surface area contributed by atoms with Gasteiger partial charge in [-0.15, -0.1) is 11.8 Å². The fraction of sp³-hybridized carbons (Fsp3) is 0.556. The number of amides is 2. The maximum Gasteiger partial charge on any atom is 0.243 e. The molecule has 0 bridgehead atoms. The minimum absolute atomic E-state index is 0.0668. The Bertz CT molecular complexity index is 599. The Kier molecular flexibility index (Phi) is 5.46. The fourth-order valence-corrected chi connectivity index (χ4v) is 4.70. The number of hydrogen-bond donors (Lipinski definition) is 1. The van der Waals surface area contributed by atoms with E-state index in [1.807, 2.05) is 31.2 Å². The van der Waals surface area contributed by atoms with Crippen molar-refractivity contribution in [3.8, 4) is 0 Å². The predicted molar refractivity (Wildman–Crippen MR) is 94.7 cm³/mol. The Labute approximate surface area is 147 Å². The highest BCUT2D eigenvalue weighted by molar-refractivity contribution is 7.99. The van der Waals surface area contributed by atoms with E-state index in [-0.39, 0.29) is 23.3 Å². The molecule has 24 heavy (non-hydrogen) atoms. The highest BCUT2D eigenvalue weighted by Crippen LogP contribution is 2.41. The lowest BCUT2D eigenvalue weighted by molar-refractivity contribution is -0.138. The van der Waals surface area contributed by atoms with Gasteiger partial charge in [0.15, 0.2) is 0 Å². The molecule has 2 heterocycles. The maximum absolute atomic E-state index is 12.6. The molecule has 1 N–H and O–H groups in total. The van der Waals surface area contributed by atoms with Gasteiger partial charge in [-0.2, -0.15) is 0 Å². The third kappa shape index (κ3) is 3.75. The molecule has 2 amide bonds. The van der Waals surface area contributed by atoms with Crippen molar-refractivity contribution >= 4 is 23.6 Å². The smallest absolute Gasteiger partial charge is 0.243 e. The van der Waals surface area contributed by atoms with Crippen LogP contribution in [0.5, 0.6) is 0 Å². The summed E-state index contributed by atoms with van der Waals surface area (Å²) >= 11 is 1.65. The third-order valence-corrected chi connectivity index (χ3v) is 5.88. The van der Waals surface area contributed by atoms with E-state index in [1.54, 1.807) is 16.7 Å². The zero-order valence-electron chi connectivity index (χ0n) is 14.2. The molecule has 6 heteroatoms. The van der Waals surface area contributed by atoms with E-state index in [4.69, 9.17) is 4.74 Å². The highest BCUT2D eigenvalue weighted by atomic mass is 32.2. The number of carbonyl (C=O) groups is 2. The monoisotopic (exact) mass is 348 g/mol. The second-order valence-corrected chi connectivity index (χ2v) is 7.53. The summed E-state index contributed by atoms with van der Waals surface area (Å²) < 4.78 is 5.54. The molecule has 1 aromatic carbocycles. The van der Waals surface area contributed by atoms with Crippen molar-refractivity contribution in [1.29, 1.82) is 0 Å². The molecule has 5 nitrogen and oxygen atoms in total. The first-order valence-electron chi connectivity index (χ1n) is 8.42. The van der Waals surface area contributed by atoms with Crippen LogP contribution in [0, 0.1) is 6.92 Å². The summed E-state index contributed by atoms with van der Waals surface area (Å²) in [4.78, 5) is 26.5. The minimum Gasteiger partial charge on any atom is -0.376 e. The molecule has 0 spiro atoms. The zero-order valence-corrected chi connectivity index (χ0v) is 15.0. The van der Waals surface area contributed by atoms with Crippen LogP contribution in [0.3, 0.4) is 0 Å². The van der Waals surface area contributed by atoms with Gasteiger partial charge in [0.1, 0.15) is 11.4 Å². The number of carbonyl (C=O) groups excluding carboxylic acids is 2. The van der Waals surface area contributed by atoms with E-state index in [9.17, 15) is 9.59 Å². The van der Waals surface area contributed by atoms with Crippen LogP contribution in [-0.4, -0.2) is 47.8 Å². The van der Waals surface area contributed by atoms with Gasteiger partial charge in [-0.25, -0.2) is 0 Å². The van der Waals surface area contributed by atoms with Gasteiger partial charge in [-0.1, -0.05) is 29.8 Å². The molecule has 2 aliphatic heterocycles. The van der Waals surface area contributed by atoms with Gasteiger partial charge in [0.25, 0.3) is 0 Å². The van der Waals surface area contributed by atoms with Crippen LogP contribution in [0.1, 0.15) is 36.3 Å². The second kappa shape index (κ2) is 7.57.